The minimum Gasteiger partial charge on any atom is -0.490 e. The molecule has 3 aromatic rings. The quantitative estimate of drug-likeness (QED) is 0.242. The van der Waals surface area contributed by atoms with Gasteiger partial charge in [0.2, 0.25) is 0 Å². The van der Waals surface area contributed by atoms with E-state index < -0.39 is 15.3 Å². The Labute approximate surface area is 319 Å². The maximum Gasteiger partial charge on any atom is 0.262 e. The number of methoxy groups -OCH3 is 1. The Morgan fingerprint density at radius 3 is 2.83 bits per heavy atom. The summed E-state index contributed by atoms with van der Waals surface area (Å²) in [6, 6.07) is 12.0. The van der Waals surface area contributed by atoms with Gasteiger partial charge in [-0.25, -0.2) is 14.2 Å². The van der Waals surface area contributed by atoms with Gasteiger partial charge < -0.3 is 14.4 Å². The van der Waals surface area contributed by atoms with Crippen LogP contribution in [0.3, 0.4) is 0 Å². The van der Waals surface area contributed by atoms with Crippen LogP contribution in [0.1, 0.15) is 78.7 Å². The second kappa shape index (κ2) is 14.3. The number of fused-ring (bicyclic) bond motifs is 5. The molecular weight excluding hydrogens is 706 g/mol. The summed E-state index contributed by atoms with van der Waals surface area (Å²) in [7, 11) is -1.11. The number of carbonyl (C=O) groups is 1. The molecular formula is C42H52ClN5O4S. The smallest absolute Gasteiger partial charge is 0.262 e. The molecule has 1 fully saturated rings. The monoisotopic (exact) mass is 757 g/mol. The summed E-state index contributed by atoms with van der Waals surface area (Å²) in [6.45, 7) is 8.55. The van der Waals surface area contributed by atoms with E-state index in [1.165, 1.54) is 16.7 Å². The number of benzene rings is 2. The van der Waals surface area contributed by atoms with Gasteiger partial charge in [0.15, 0.2) is 0 Å². The van der Waals surface area contributed by atoms with Crippen LogP contribution < -0.4 is 14.4 Å². The lowest BCUT2D eigenvalue weighted by atomic mass is 9.63. The van der Waals surface area contributed by atoms with Crippen LogP contribution in [0.5, 0.6) is 5.75 Å². The van der Waals surface area contributed by atoms with Gasteiger partial charge in [0.1, 0.15) is 17.7 Å². The van der Waals surface area contributed by atoms with Crippen molar-refractivity contribution in [3.05, 3.63) is 94.0 Å². The number of aromatic nitrogens is 2. The van der Waals surface area contributed by atoms with Crippen molar-refractivity contribution in [1.29, 1.82) is 0 Å². The molecule has 4 heterocycles. The number of halogens is 1. The van der Waals surface area contributed by atoms with Crippen LogP contribution >= 0.6 is 11.6 Å². The highest BCUT2D eigenvalue weighted by Gasteiger charge is 2.50. The summed E-state index contributed by atoms with van der Waals surface area (Å²) in [5, 5.41) is 0.410. The first kappa shape index (κ1) is 36.5. The van der Waals surface area contributed by atoms with Crippen LogP contribution in [-0.4, -0.2) is 81.6 Å². The number of rotatable bonds is 3. The number of amides is 1. The molecule has 2 aromatic carbocycles. The molecule has 282 valence electrons. The number of nitrogens with one attached hydrogen (secondary N) is 1. The van der Waals surface area contributed by atoms with E-state index in [4.69, 9.17) is 21.1 Å². The Bertz CT molecular complexity index is 2020. The highest BCUT2D eigenvalue weighted by Crippen LogP contribution is 2.49. The van der Waals surface area contributed by atoms with E-state index in [0.717, 1.165) is 93.4 Å². The van der Waals surface area contributed by atoms with E-state index in [2.05, 4.69) is 61.6 Å². The number of anilines is 1. The summed E-state index contributed by atoms with van der Waals surface area (Å²) in [5.74, 6) is 5.08. The molecule has 0 radical (unpaired) electrons. The third kappa shape index (κ3) is 6.90. The lowest BCUT2D eigenvalue weighted by molar-refractivity contribution is -0.0932. The number of carbonyl (C=O) groups excluding carboxylic acids is 1. The first-order chi connectivity index (χ1) is 25.5. The number of aryl methyl sites for hydroxylation is 1. The van der Waals surface area contributed by atoms with Crippen molar-refractivity contribution in [2.24, 2.45) is 17.8 Å². The van der Waals surface area contributed by atoms with Crippen LogP contribution in [0.2, 0.25) is 5.02 Å². The second-order valence-corrected chi connectivity index (χ2v) is 19.2. The van der Waals surface area contributed by atoms with E-state index in [9.17, 15) is 9.00 Å². The molecule has 2 aliphatic carbocycles. The fraction of sp³-hybridized carbons (Fsp3) is 0.524. The molecule has 0 saturated heterocycles. The molecule has 53 heavy (non-hydrogen) atoms. The minimum atomic E-state index is -2.97. The molecule has 11 heteroatoms. The van der Waals surface area contributed by atoms with Gasteiger partial charge in [-0.2, -0.15) is 0 Å². The van der Waals surface area contributed by atoms with Gasteiger partial charge in [0, 0.05) is 85.0 Å². The SMILES string of the molecule is C=S1(=O)NC(=O)c2ccc3c(c2)N(C[C@@H]2CC[C@H]2[C@](CN2CCc4ncncc4C2)(OC)/C=C/C[C@H](C)[C@H]1C)C[C@@]1(CCCc2cc(Cl)ccc21)CO3. The third-order valence-electron chi connectivity index (χ3n) is 13.2. The van der Waals surface area contributed by atoms with E-state index in [1.807, 2.05) is 38.4 Å². The van der Waals surface area contributed by atoms with Crippen LogP contribution in [0, 0.1) is 17.8 Å². The predicted octanol–water partition coefficient (Wildman–Crippen LogP) is 6.42. The fourth-order valence-corrected chi connectivity index (χ4v) is 11.4. The summed E-state index contributed by atoms with van der Waals surface area (Å²) < 4.78 is 30.4. The van der Waals surface area contributed by atoms with Crippen molar-refractivity contribution in [1.82, 2.24) is 19.6 Å². The van der Waals surface area contributed by atoms with Crippen molar-refractivity contribution >= 4 is 38.8 Å². The lowest BCUT2D eigenvalue weighted by Gasteiger charge is -2.52. The van der Waals surface area contributed by atoms with Crippen LogP contribution in [0.25, 0.3) is 0 Å². The standard InChI is InChI=1S/C42H52ClN5O4S/c1-28-7-5-17-42(51-3,25-47-18-15-37-33(22-47)21-44-27-45-37)36-12-9-32(36)23-48-24-41(16-6-8-30-19-34(43)11-13-35(30)41)26-52-39-14-10-31(20-38(39)48)40(49)46-53(4,50)29(28)2/h5,10-11,13-14,17,19-21,27-29,32,36H,4,6-9,12,15-16,18,22-26H2,1-3H3,(H,46,49,50)/b17-5+/t28-,29+,32-,36+,41-,42-,53?/m0/s1. The van der Waals surface area contributed by atoms with Crippen molar-refractivity contribution < 1.29 is 18.5 Å². The van der Waals surface area contributed by atoms with Gasteiger partial charge >= 0.3 is 0 Å². The van der Waals surface area contributed by atoms with E-state index >= 15 is 0 Å². The molecule has 1 aromatic heterocycles. The topological polar surface area (TPSA) is 96.9 Å². The number of hydrogen-bond acceptors (Lipinski definition) is 8. The normalized spacial score (nSPS) is 33.7. The van der Waals surface area contributed by atoms with Crippen molar-refractivity contribution in [2.75, 3.05) is 44.8 Å². The first-order valence-corrected chi connectivity index (χ1v) is 21.4. The van der Waals surface area contributed by atoms with E-state index in [-0.39, 0.29) is 28.4 Å². The van der Waals surface area contributed by atoms with E-state index in [0.29, 0.717) is 24.5 Å². The maximum absolute atomic E-state index is 14.1. The maximum atomic E-state index is 14.1. The zero-order valence-electron chi connectivity index (χ0n) is 31.2. The molecule has 8 rings (SSSR count). The molecule has 1 unspecified atom stereocenters. The number of ether oxygens (including phenoxy) is 2. The van der Waals surface area contributed by atoms with Gasteiger partial charge in [-0.3, -0.25) is 14.4 Å². The van der Waals surface area contributed by atoms with Crippen LogP contribution in [0.4, 0.5) is 5.69 Å². The molecule has 3 aliphatic heterocycles. The molecule has 7 atom stereocenters. The van der Waals surface area contributed by atoms with Crippen LogP contribution in [0.15, 0.2) is 61.1 Å². The highest BCUT2D eigenvalue weighted by atomic mass is 35.5. The summed E-state index contributed by atoms with van der Waals surface area (Å²) in [6.07, 6.45) is 14.9. The minimum absolute atomic E-state index is 0.00981. The summed E-state index contributed by atoms with van der Waals surface area (Å²) in [4.78, 5) is 27.7. The van der Waals surface area contributed by atoms with Gasteiger partial charge in [0.05, 0.1) is 22.0 Å². The molecule has 5 aliphatic rings. The van der Waals surface area contributed by atoms with Crippen molar-refractivity contribution in [3.63, 3.8) is 0 Å². The van der Waals surface area contributed by atoms with Crippen LogP contribution in [-0.2, 0) is 39.2 Å². The van der Waals surface area contributed by atoms with Crippen molar-refractivity contribution in [2.45, 2.75) is 81.6 Å². The predicted molar refractivity (Wildman–Crippen MR) is 212 cm³/mol. The third-order valence-corrected chi connectivity index (χ3v) is 15.6. The van der Waals surface area contributed by atoms with Gasteiger partial charge in [-0.1, -0.05) is 36.7 Å². The van der Waals surface area contributed by atoms with E-state index in [1.54, 1.807) is 12.4 Å². The average Bonchev–Trinajstić information content (AvgIpc) is 3.28. The Kier molecular flexibility index (Phi) is 9.88. The molecule has 9 nitrogen and oxygen atoms in total. The zero-order chi connectivity index (χ0) is 37.0. The highest BCUT2D eigenvalue weighted by molar-refractivity contribution is 7.99. The Balaban J connectivity index is 1.20. The van der Waals surface area contributed by atoms with Crippen molar-refractivity contribution in [3.8, 4) is 5.75 Å². The largest absolute Gasteiger partial charge is 0.490 e. The van der Waals surface area contributed by atoms with Gasteiger partial charge in [-0.05, 0) is 111 Å². The molecule has 2 bridgehead atoms. The Hall–Kier alpha value is -3.44. The lowest BCUT2D eigenvalue weighted by Crippen LogP contribution is -2.57. The fourth-order valence-electron chi connectivity index (χ4n) is 9.71. The Morgan fingerprint density at radius 1 is 1.15 bits per heavy atom. The first-order valence-electron chi connectivity index (χ1n) is 19.2. The van der Waals surface area contributed by atoms with Gasteiger partial charge in [0.25, 0.3) is 5.91 Å². The second-order valence-electron chi connectivity index (χ2n) is 16.3. The number of nitrogens with zero attached hydrogens (tertiary/aromatic N) is 4. The number of allylic oxidation sites excluding steroid dienone is 1. The molecule has 1 saturated carbocycles. The summed E-state index contributed by atoms with van der Waals surface area (Å²) in [5.41, 5.74) is 5.49. The summed E-state index contributed by atoms with van der Waals surface area (Å²) >= 11 is 6.52. The number of hydrogen-bond donors (Lipinski definition) is 1. The molecule has 1 amide bonds. The Morgan fingerprint density at radius 2 is 2.02 bits per heavy atom. The van der Waals surface area contributed by atoms with Gasteiger partial charge in [-0.15, -0.1) is 0 Å². The molecule has 1 N–H and O–H groups in total. The zero-order valence-corrected chi connectivity index (χ0v) is 32.8. The molecule has 1 spiro atoms. The average molecular weight is 758 g/mol.